The minimum atomic E-state index is -0.935. The number of amides is 2. The fourth-order valence-electron chi connectivity index (χ4n) is 3.00. The van der Waals surface area contributed by atoms with Crippen LogP contribution in [0.3, 0.4) is 0 Å². The monoisotopic (exact) mass is 386 g/mol. The second-order valence-electron chi connectivity index (χ2n) is 6.60. The van der Waals surface area contributed by atoms with Crippen LogP contribution in [0.15, 0.2) is 30.3 Å². The molecule has 7 heteroatoms. The number of carbonyl (C=O) groups is 3. The van der Waals surface area contributed by atoms with Gasteiger partial charge in [0.15, 0.2) is 6.10 Å². The second kappa shape index (κ2) is 8.35. The van der Waals surface area contributed by atoms with E-state index in [2.05, 4.69) is 5.32 Å². The van der Waals surface area contributed by atoms with E-state index in [4.69, 9.17) is 10.5 Å². The topological polar surface area (TPSA) is 98.5 Å². The van der Waals surface area contributed by atoms with E-state index in [1.54, 1.807) is 12.1 Å². The van der Waals surface area contributed by atoms with Gasteiger partial charge in [-0.2, -0.15) is 0 Å². The first-order chi connectivity index (χ1) is 12.9. The number of thiophene rings is 1. The lowest BCUT2D eigenvalue weighted by molar-refractivity contribution is -0.123. The third-order valence-corrected chi connectivity index (χ3v) is 5.75. The van der Waals surface area contributed by atoms with Crippen LogP contribution in [0.25, 0.3) is 0 Å². The number of primary amides is 1. The van der Waals surface area contributed by atoms with E-state index in [1.807, 2.05) is 6.07 Å². The number of hydrogen-bond donors (Lipinski definition) is 2. The highest BCUT2D eigenvalue weighted by Gasteiger charge is 2.22. The number of nitrogens with two attached hydrogens (primary N) is 1. The number of fused-ring (bicyclic) bond motifs is 1. The summed E-state index contributed by atoms with van der Waals surface area (Å²) in [5, 5.41) is 2.66. The number of rotatable bonds is 5. The summed E-state index contributed by atoms with van der Waals surface area (Å²) in [6, 6.07) is 8.09. The molecule has 0 unspecified atom stereocenters. The highest BCUT2D eigenvalue weighted by atomic mass is 32.1. The number of carbonyl (C=O) groups excluding carboxylic acids is 3. The van der Waals surface area contributed by atoms with Gasteiger partial charge >= 0.3 is 5.97 Å². The van der Waals surface area contributed by atoms with Crippen molar-refractivity contribution >= 4 is 34.8 Å². The second-order valence-corrected chi connectivity index (χ2v) is 7.73. The van der Waals surface area contributed by atoms with Crippen molar-refractivity contribution in [2.45, 2.75) is 45.1 Å². The normalized spacial score (nSPS) is 14.6. The van der Waals surface area contributed by atoms with Crippen LogP contribution in [0.2, 0.25) is 0 Å². The summed E-state index contributed by atoms with van der Waals surface area (Å²) in [4.78, 5) is 37.5. The van der Waals surface area contributed by atoms with E-state index >= 15 is 0 Å². The Bertz CT molecular complexity index is 834. The van der Waals surface area contributed by atoms with Crippen LogP contribution in [-0.2, 0) is 22.4 Å². The lowest BCUT2D eigenvalue weighted by atomic mass is 10.1. The SMILES string of the molecule is C[C@@H](OC(=O)c1cc2c(s1)CCCCC2)C(=O)Nc1ccc(C(N)=O)cc1. The lowest BCUT2D eigenvalue weighted by Gasteiger charge is -2.13. The van der Waals surface area contributed by atoms with E-state index in [0.717, 1.165) is 25.7 Å². The molecule has 0 saturated heterocycles. The lowest BCUT2D eigenvalue weighted by Crippen LogP contribution is -2.29. The van der Waals surface area contributed by atoms with E-state index in [0.29, 0.717) is 16.1 Å². The molecule has 27 heavy (non-hydrogen) atoms. The molecule has 0 saturated carbocycles. The van der Waals surface area contributed by atoms with Gasteiger partial charge in [-0.25, -0.2) is 4.79 Å². The largest absolute Gasteiger partial charge is 0.448 e. The molecule has 1 aromatic heterocycles. The maximum absolute atomic E-state index is 12.4. The summed E-state index contributed by atoms with van der Waals surface area (Å²) in [5.74, 6) is -1.45. The average Bonchev–Trinajstić information content (AvgIpc) is 2.93. The molecule has 0 radical (unpaired) electrons. The maximum Gasteiger partial charge on any atom is 0.349 e. The van der Waals surface area contributed by atoms with Gasteiger partial charge in [0.05, 0.1) is 0 Å². The van der Waals surface area contributed by atoms with Gasteiger partial charge in [0.2, 0.25) is 5.91 Å². The Balaban J connectivity index is 1.59. The van der Waals surface area contributed by atoms with E-state index in [9.17, 15) is 14.4 Å². The molecule has 1 aliphatic carbocycles. The third-order valence-electron chi connectivity index (χ3n) is 4.54. The Morgan fingerprint density at radius 3 is 2.52 bits per heavy atom. The molecule has 6 nitrogen and oxygen atoms in total. The number of benzene rings is 1. The van der Waals surface area contributed by atoms with E-state index < -0.39 is 23.9 Å². The predicted molar refractivity (Wildman–Crippen MR) is 104 cm³/mol. The fourth-order valence-corrected chi connectivity index (χ4v) is 4.14. The van der Waals surface area contributed by atoms with E-state index in [-0.39, 0.29) is 0 Å². The van der Waals surface area contributed by atoms with Crippen LogP contribution < -0.4 is 11.1 Å². The summed E-state index contributed by atoms with van der Waals surface area (Å²) < 4.78 is 5.33. The number of esters is 1. The molecule has 1 heterocycles. The van der Waals surface area contributed by atoms with Crippen LogP contribution in [0, 0.1) is 0 Å². The minimum Gasteiger partial charge on any atom is -0.448 e. The van der Waals surface area contributed by atoms with Crippen LogP contribution in [0.5, 0.6) is 0 Å². The first-order valence-corrected chi connectivity index (χ1v) is 9.79. The molecule has 3 rings (SSSR count). The summed E-state index contributed by atoms with van der Waals surface area (Å²) in [6.07, 6.45) is 4.58. The van der Waals surface area contributed by atoms with E-state index in [1.165, 1.54) is 47.3 Å². The molecular formula is C20H22N2O4S. The van der Waals surface area contributed by atoms with Gasteiger partial charge in [0, 0.05) is 16.1 Å². The maximum atomic E-state index is 12.4. The van der Waals surface area contributed by atoms with Gasteiger partial charge in [-0.05, 0) is 68.5 Å². The zero-order valence-corrected chi connectivity index (χ0v) is 15.9. The zero-order chi connectivity index (χ0) is 19.4. The van der Waals surface area contributed by atoms with Gasteiger partial charge in [0.25, 0.3) is 5.91 Å². The number of anilines is 1. The Morgan fingerprint density at radius 2 is 1.81 bits per heavy atom. The summed E-state index contributed by atoms with van der Waals surface area (Å²) in [7, 11) is 0. The summed E-state index contributed by atoms with van der Waals surface area (Å²) in [5.41, 5.74) is 7.27. The molecule has 2 amide bonds. The molecule has 1 atom stereocenters. The smallest absolute Gasteiger partial charge is 0.349 e. The first-order valence-electron chi connectivity index (χ1n) is 8.97. The first kappa shape index (κ1) is 19.1. The van der Waals surface area contributed by atoms with Crippen LogP contribution >= 0.6 is 11.3 Å². The van der Waals surface area contributed by atoms with Gasteiger partial charge in [-0.15, -0.1) is 11.3 Å². The molecular weight excluding hydrogens is 364 g/mol. The zero-order valence-electron chi connectivity index (χ0n) is 15.1. The number of ether oxygens (including phenoxy) is 1. The number of aryl methyl sites for hydroxylation is 2. The summed E-state index contributed by atoms with van der Waals surface area (Å²) >= 11 is 1.47. The summed E-state index contributed by atoms with van der Waals surface area (Å²) in [6.45, 7) is 1.53. The van der Waals surface area contributed by atoms with Crippen LogP contribution in [0.4, 0.5) is 5.69 Å². The molecule has 0 spiro atoms. The third kappa shape index (κ3) is 4.74. The van der Waals surface area contributed by atoms with Gasteiger partial charge in [-0.1, -0.05) is 6.42 Å². The molecule has 0 aliphatic heterocycles. The van der Waals surface area contributed by atoms with Crippen molar-refractivity contribution < 1.29 is 19.1 Å². The molecule has 1 aromatic carbocycles. The quantitative estimate of drug-likeness (QED) is 0.608. The Labute approximate surface area is 161 Å². The van der Waals surface area contributed by atoms with Crippen molar-refractivity contribution in [3.63, 3.8) is 0 Å². The predicted octanol–water partition coefficient (Wildman–Crippen LogP) is 3.30. The van der Waals surface area contributed by atoms with Crippen molar-refractivity contribution in [1.29, 1.82) is 0 Å². The van der Waals surface area contributed by atoms with Crippen molar-refractivity contribution in [2.24, 2.45) is 5.73 Å². The van der Waals surface area contributed by atoms with Crippen molar-refractivity contribution in [3.05, 3.63) is 51.2 Å². The highest BCUT2D eigenvalue weighted by Crippen LogP contribution is 2.29. The molecule has 1 aliphatic rings. The van der Waals surface area contributed by atoms with Crippen molar-refractivity contribution in [3.8, 4) is 0 Å². The van der Waals surface area contributed by atoms with Crippen LogP contribution in [0.1, 0.15) is 56.7 Å². The van der Waals surface area contributed by atoms with Gasteiger partial charge in [-0.3, -0.25) is 9.59 Å². The number of nitrogens with one attached hydrogen (secondary N) is 1. The van der Waals surface area contributed by atoms with Crippen molar-refractivity contribution in [1.82, 2.24) is 0 Å². The van der Waals surface area contributed by atoms with Gasteiger partial charge in [0.1, 0.15) is 4.88 Å². The average molecular weight is 386 g/mol. The molecule has 0 fully saturated rings. The van der Waals surface area contributed by atoms with Crippen LogP contribution in [-0.4, -0.2) is 23.9 Å². The fraction of sp³-hybridized carbons (Fsp3) is 0.350. The van der Waals surface area contributed by atoms with Gasteiger partial charge < -0.3 is 15.8 Å². The van der Waals surface area contributed by atoms with Crippen molar-refractivity contribution in [2.75, 3.05) is 5.32 Å². The number of hydrogen-bond acceptors (Lipinski definition) is 5. The highest BCUT2D eigenvalue weighted by molar-refractivity contribution is 7.14. The Morgan fingerprint density at radius 1 is 1.11 bits per heavy atom. The minimum absolute atomic E-state index is 0.352. The standard InChI is InChI=1S/C20H22N2O4S/c1-12(19(24)22-15-9-7-13(8-10-15)18(21)23)26-20(25)17-11-14-5-3-2-4-6-16(14)27-17/h7-12H,2-6H2,1H3,(H2,21,23)(H,22,24)/t12-/m1/s1. The molecule has 142 valence electrons. The molecule has 3 N–H and O–H groups in total. The Kier molecular flexibility index (Phi) is 5.91. The molecule has 0 bridgehead atoms. The molecule has 2 aromatic rings. The Hall–Kier alpha value is -2.67.